The fourth-order valence-corrected chi connectivity index (χ4v) is 3.25. The molecule has 0 N–H and O–H groups in total. The number of piperidine rings is 1. The van der Waals surface area contributed by atoms with Crippen molar-refractivity contribution in [3.8, 4) is 0 Å². The van der Waals surface area contributed by atoms with Crippen molar-refractivity contribution in [2.45, 2.75) is 52.0 Å². The number of carbonyl (C=O) groups is 1. The van der Waals surface area contributed by atoms with Crippen molar-refractivity contribution in [2.75, 3.05) is 13.1 Å². The van der Waals surface area contributed by atoms with E-state index in [1.807, 2.05) is 17.2 Å². The minimum atomic E-state index is 0.169. The lowest BCUT2D eigenvalue weighted by molar-refractivity contribution is -0.131. The number of nitrogens with zero attached hydrogens (tertiary/aromatic N) is 5. The minimum Gasteiger partial charge on any atom is -0.342 e. The maximum Gasteiger partial charge on any atom is 0.228 e. The standard InChI is InChI=1S/C18H25N5O/c1-3-14-5-6-16(19-12-14)11-17(24)23-9-7-15(8-10-23)18-21-20-13-22(18)4-2/h5-6,12-13,15H,3-4,7-11H2,1-2H3. The second kappa shape index (κ2) is 7.55. The Labute approximate surface area is 142 Å². The molecular formula is C18H25N5O. The van der Waals surface area contributed by atoms with Crippen molar-refractivity contribution < 1.29 is 4.79 Å². The predicted molar refractivity (Wildman–Crippen MR) is 91.6 cm³/mol. The third-order valence-corrected chi connectivity index (χ3v) is 4.83. The third-order valence-electron chi connectivity index (χ3n) is 4.83. The number of pyridine rings is 1. The molecule has 3 rings (SSSR count). The highest BCUT2D eigenvalue weighted by Crippen LogP contribution is 2.26. The Morgan fingerprint density at radius 1 is 1.25 bits per heavy atom. The maximum absolute atomic E-state index is 12.5. The molecule has 6 nitrogen and oxygen atoms in total. The molecule has 1 fully saturated rings. The van der Waals surface area contributed by atoms with Crippen LogP contribution in [0.25, 0.3) is 0 Å². The summed E-state index contributed by atoms with van der Waals surface area (Å²) in [6.07, 6.45) is 6.92. The average Bonchev–Trinajstić information content (AvgIpc) is 3.11. The highest BCUT2D eigenvalue weighted by Gasteiger charge is 2.26. The predicted octanol–water partition coefficient (Wildman–Crippen LogP) is 2.20. The van der Waals surface area contributed by atoms with Crippen molar-refractivity contribution in [3.05, 3.63) is 41.7 Å². The molecule has 0 bridgehead atoms. The Bertz CT molecular complexity index is 671. The molecule has 0 unspecified atom stereocenters. The van der Waals surface area contributed by atoms with Gasteiger partial charge in [-0.3, -0.25) is 9.78 Å². The SMILES string of the molecule is CCc1ccc(CC(=O)N2CCC(c3nncn3CC)CC2)nc1. The first-order valence-corrected chi connectivity index (χ1v) is 8.80. The normalized spacial score (nSPS) is 15.7. The van der Waals surface area contributed by atoms with Crippen LogP contribution < -0.4 is 0 Å². The van der Waals surface area contributed by atoms with E-state index in [4.69, 9.17) is 0 Å². The molecule has 3 heterocycles. The van der Waals surface area contributed by atoms with Crippen LogP contribution in [0, 0.1) is 0 Å². The first kappa shape index (κ1) is 16.6. The number of hydrogen-bond donors (Lipinski definition) is 0. The highest BCUT2D eigenvalue weighted by molar-refractivity contribution is 5.78. The summed E-state index contributed by atoms with van der Waals surface area (Å²) >= 11 is 0. The summed E-state index contributed by atoms with van der Waals surface area (Å²) in [5.41, 5.74) is 2.05. The number of hydrogen-bond acceptors (Lipinski definition) is 4. The zero-order valence-electron chi connectivity index (χ0n) is 14.5. The molecule has 2 aromatic rings. The Morgan fingerprint density at radius 3 is 2.67 bits per heavy atom. The molecule has 0 saturated carbocycles. The second-order valence-electron chi connectivity index (χ2n) is 6.32. The summed E-state index contributed by atoms with van der Waals surface area (Å²) < 4.78 is 2.10. The topological polar surface area (TPSA) is 63.9 Å². The molecule has 1 aliphatic heterocycles. The van der Waals surface area contributed by atoms with Gasteiger partial charge in [-0.2, -0.15) is 0 Å². The molecule has 24 heavy (non-hydrogen) atoms. The van der Waals surface area contributed by atoms with Gasteiger partial charge in [-0.1, -0.05) is 13.0 Å². The monoisotopic (exact) mass is 327 g/mol. The lowest BCUT2D eigenvalue weighted by atomic mass is 9.95. The van der Waals surface area contributed by atoms with Crippen LogP contribution in [0.4, 0.5) is 0 Å². The smallest absolute Gasteiger partial charge is 0.228 e. The van der Waals surface area contributed by atoms with E-state index in [1.54, 1.807) is 6.33 Å². The molecule has 6 heteroatoms. The lowest BCUT2D eigenvalue weighted by Gasteiger charge is -2.31. The van der Waals surface area contributed by atoms with E-state index in [0.29, 0.717) is 12.3 Å². The van der Waals surface area contributed by atoms with Gasteiger partial charge in [0.1, 0.15) is 12.2 Å². The quantitative estimate of drug-likeness (QED) is 0.844. The van der Waals surface area contributed by atoms with Crippen molar-refractivity contribution in [3.63, 3.8) is 0 Å². The fourth-order valence-electron chi connectivity index (χ4n) is 3.25. The van der Waals surface area contributed by atoms with Crippen molar-refractivity contribution in [2.24, 2.45) is 0 Å². The molecule has 128 valence electrons. The van der Waals surface area contributed by atoms with Crippen LogP contribution in [-0.4, -0.2) is 43.6 Å². The molecule has 0 spiro atoms. The van der Waals surface area contributed by atoms with E-state index in [0.717, 1.165) is 50.4 Å². The highest BCUT2D eigenvalue weighted by atomic mass is 16.2. The Balaban J connectivity index is 1.55. The molecule has 0 atom stereocenters. The van der Waals surface area contributed by atoms with Gasteiger partial charge >= 0.3 is 0 Å². The van der Waals surface area contributed by atoms with E-state index >= 15 is 0 Å². The average molecular weight is 327 g/mol. The van der Waals surface area contributed by atoms with Crippen LogP contribution in [0.2, 0.25) is 0 Å². The van der Waals surface area contributed by atoms with E-state index in [-0.39, 0.29) is 5.91 Å². The summed E-state index contributed by atoms with van der Waals surface area (Å²) in [6, 6.07) is 4.02. The van der Waals surface area contributed by atoms with Crippen LogP contribution in [0.15, 0.2) is 24.7 Å². The van der Waals surface area contributed by atoms with Crippen molar-refractivity contribution in [1.82, 2.24) is 24.6 Å². The molecule has 0 radical (unpaired) electrons. The largest absolute Gasteiger partial charge is 0.342 e. The van der Waals surface area contributed by atoms with Gasteiger partial charge in [0.05, 0.1) is 6.42 Å². The van der Waals surface area contributed by atoms with Gasteiger partial charge in [0.25, 0.3) is 0 Å². The number of rotatable bonds is 5. The lowest BCUT2D eigenvalue weighted by Crippen LogP contribution is -2.39. The Hall–Kier alpha value is -2.24. The van der Waals surface area contributed by atoms with Gasteiger partial charge in [-0.15, -0.1) is 10.2 Å². The molecule has 1 amide bonds. The molecule has 0 aliphatic carbocycles. The van der Waals surface area contributed by atoms with Gasteiger partial charge < -0.3 is 9.47 Å². The molecule has 1 aliphatic rings. The van der Waals surface area contributed by atoms with Gasteiger partial charge in [0.15, 0.2) is 0 Å². The fraction of sp³-hybridized carbons (Fsp3) is 0.556. The number of aromatic nitrogens is 4. The number of likely N-dealkylation sites (tertiary alicyclic amines) is 1. The third kappa shape index (κ3) is 3.63. The van der Waals surface area contributed by atoms with Gasteiger partial charge in [0.2, 0.25) is 5.91 Å². The molecular weight excluding hydrogens is 302 g/mol. The Morgan fingerprint density at radius 2 is 2.04 bits per heavy atom. The zero-order valence-corrected chi connectivity index (χ0v) is 14.5. The first-order valence-electron chi connectivity index (χ1n) is 8.80. The minimum absolute atomic E-state index is 0.169. The summed E-state index contributed by atoms with van der Waals surface area (Å²) in [5, 5.41) is 8.28. The first-order chi connectivity index (χ1) is 11.7. The van der Waals surface area contributed by atoms with Crippen LogP contribution in [0.3, 0.4) is 0 Å². The Kier molecular flexibility index (Phi) is 5.23. The number of aryl methyl sites for hydroxylation is 2. The van der Waals surface area contributed by atoms with Gasteiger partial charge in [-0.25, -0.2) is 0 Å². The summed E-state index contributed by atoms with van der Waals surface area (Å²) in [4.78, 5) is 18.8. The zero-order chi connectivity index (χ0) is 16.9. The van der Waals surface area contributed by atoms with E-state index in [1.165, 1.54) is 5.56 Å². The van der Waals surface area contributed by atoms with Gasteiger partial charge in [-0.05, 0) is 37.8 Å². The maximum atomic E-state index is 12.5. The van der Waals surface area contributed by atoms with Gasteiger partial charge in [0, 0.05) is 37.4 Å². The van der Waals surface area contributed by atoms with Crippen molar-refractivity contribution >= 4 is 5.91 Å². The van der Waals surface area contributed by atoms with Crippen molar-refractivity contribution in [1.29, 1.82) is 0 Å². The summed E-state index contributed by atoms with van der Waals surface area (Å²) in [7, 11) is 0. The number of carbonyl (C=O) groups excluding carboxylic acids is 1. The van der Waals surface area contributed by atoms with E-state index in [2.05, 4.69) is 39.7 Å². The summed E-state index contributed by atoms with van der Waals surface area (Å²) in [6.45, 7) is 6.66. The van der Waals surface area contributed by atoms with E-state index in [9.17, 15) is 4.79 Å². The van der Waals surface area contributed by atoms with Crippen LogP contribution in [-0.2, 0) is 24.2 Å². The van der Waals surface area contributed by atoms with Crippen LogP contribution in [0.5, 0.6) is 0 Å². The number of amides is 1. The summed E-state index contributed by atoms with van der Waals surface area (Å²) in [5.74, 6) is 1.63. The van der Waals surface area contributed by atoms with Crippen LogP contribution >= 0.6 is 0 Å². The molecule has 0 aromatic carbocycles. The van der Waals surface area contributed by atoms with E-state index < -0.39 is 0 Å². The molecule has 2 aromatic heterocycles. The second-order valence-corrected chi connectivity index (χ2v) is 6.32. The molecule has 1 saturated heterocycles. The van der Waals surface area contributed by atoms with Crippen LogP contribution in [0.1, 0.15) is 49.7 Å².